The van der Waals surface area contributed by atoms with Gasteiger partial charge in [0.1, 0.15) is 11.4 Å². The number of thiazole rings is 2. The Kier molecular flexibility index (Phi) is 4.57. The van der Waals surface area contributed by atoms with E-state index in [0.29, 0.717) is 5.92 Å². The van der Waals surface area contributed by atoms with E-state index in [9.17, 15) is 0 Å². The molecule has 2 aromatic heterocycles. The number of hydrogen-bond acceptors (Lipinski definition) is 7. The van der Waals surface area contributed by atoms with Gasteiger partial charge in [0.2, 0.25) is 0 Å². The topological polar surface area (TPSA) is 62.2 Å². The average molecular weight is 348 g/mol. The van der Waals surface area contributed by atoms with Gasteiger partial charge in [0, 0.05) is 29.8 Å². The molecule has 7 heteroatoms. The summed E-state index contributed by atoms with van der Waals surface area (Å²) >= 11 is 3.40. The van der Waals surface area contributed by atoms with Crippen molar-refractivity contribution in [2.24, 2.45) is 4.99 Å². The van der Waals surface area contributed by atoms with E-state index in [0.717, 1.165) is 42.0 Å². The fourth-order valence-electron chi connectivity index (χ4n) is 3.11. The lowest BCUT2D eigenvalue weighted by atomic mass is 9.90. The molecule has 0 aromatic carbocycles. The molecule has 0 spiro atoms. The van der Waals surface area contributed by atoms with Crippen molar-refractivity contribution in [2.75, 3.05) is 18.4 Å². The Morgan fingerprint density at radius 3 is 2.65 bits per heavy atom. The lowest BCUT2D eigenvalue weighted by molar-refractivity contribution is 0.442. The van der Waals surface area contributed by atoms with E-state index in [1.807, 2.05) is 0 Å². The number of guanidine groups is 1. The lowest BCUT2D eigenvalue weighted by Gasteiger charge is -2.18. The first-order valence-electron chi connectivity index (χ1n) is 8.35. The molecule has 2 N–H and O–H groups in total. The van der Waals surface area contributed by atoms with Crippen LogP contribution in [-0.4, -0.2) is 29.0 Å². The molecular formula is C16H21N5S2. The molecule has 122 valence electrons. The molecule has 1 aliphatic heterocycles. The first-order chi connectivity index (χ1) is 11.4. The molecule has 23 heavy (non-hydrogen) atoms. The second-order valence-electron chi connectivity index (χ2n) is 6.08. The summed E-state index contributed by atoms with van der Waals surface area (Å²) in [6.07, 6.45) is 7.76. The van der Waals surface area contributed by atoms with E-state index in [1.54, 1.807) is 22.7 Å². The summed E-state index contributed by atoms with van der Waals surface area (Å²) in [4.78, 5) is 13.9. The first kappa shape index (κ1) is 15.1. The number of nitrogens with zero attached hydrogens (tertiary/aromatic N) is 3. The number of hydrogen-bond donors (Lipinski definition) is 2. The standard InChI is InChI=1S/C16H21N5S2/c1-2-5-11(6-3-1)14-19-12(9-22-14)13-10-23-16(20-13)21-15-17-7-4-8-18-15/h9-11H,1-8H2,(H2,17,18,20,21). The van der Waals surface area contributed by atoms with Crippen molar-refractivity contribution in [3.05, 3.63) is 15.8 Å². The summed E-state index contributed by atoms with van der Waals surface area (Å²) in [7, 11) is 0. The van der Waals surface area contributed by atoms with Gasteiger partial charge in [-0.15, -0.1) is 22.7 Å². The van der Waals surface area contributed by atoms with Crippen LogP contribution in [0.3, 0.4) is 0 Å². The van der Waals surface area contributed by atoms with Gasteiger partial charge in [-0.2, -0.15) is 0 Å². The molecule has 1 fully saturated rings. The third-order valence-corrected chi connectivity index (χ3v) is 6.13. The Balaban J connectivity index is 1.46. The van der Waals surface area contributed by atoms with Crippen molar-refractivity contribution in [3.8, 4) is 11.4 Å². The van der Waals surface area contributed by atoms with Crippen LogP contribution in [0.1, 0.15) is 49.5 Å². The molecule has 1 aliphatic carbocycles. The van der Waals surface area contributed by atoms with Gasteiger partial charge in [-0.05, 0) is 19.3 Å². The highest BCUT2D eigenvalue weighted by Crippen LogP contribution is 2.36. The zero-order valence-corrected chi connectivity index (χ0v) is 14.7. The fraction of sp³-hybridized carbons (Fsp3) is 0.562. The van der Waals surface area contributed by atoms with Gasteiger partial charge in [0.15, 0.2) is 11.1 Å². The Morgan fingerprint density at radius 1 is 1.00 bits per heavy atom. The summed E-state index contributed by atoms with van der Waals surface area (Å²) in [6.45, 7) is 1.85. The Hall–Kier alpha value is -1.47. The van der Waals surface area contributed by atoms with Crippen LogP contribution in [0.25, 0.3) is 11.4 Å². The molecule has 1 saturated carbocycles. The van der Waals surface area contributed by atoms with Crippen molar-refractivity contribution in [1.29, 1.82) is 0 Å². The summed E-state index contributed by atoms with van der Waals surface area (Å²) in [5.41, 5.74) is 1.98. The van der Waals surface area contributed by atoms with E-state index >= 15 is 0 Å². The molecule has 5 nitrogen and oxygen atoms in total. The van der Waals surface area contributed by atoms with Crippen molar-refractivity contribution >= 4 is 33.8 Å². The molecule has 3 heterocycles. The van der Waals surface area contributed by atoms with Crippen molar-refractivity contribution < 1.29 is 0 Å². The minimum Gasteiger partial charge on any atom is -0.356 e. The maximum atomic E-state index is 4.85. The van der Waals surface area contributed by atoms with Crippen LogP contribution in [0, 0.1) is 0 Å². The summed E-state index contributed by atoms with van der Waals surface area (Å²) in [5.74, 6) is 1.50. The van der Waals surface area contributed by atoms with Gasteiger partial charge in [0.05, 0.1) is 5.01 Å². The minimum atomic E-state index is 0.666. The van der Waals surface area contributed by atoms with E-state index in [2.05, 4.69) is 31.4 Å². The number of aromatic nitrogens is 2. The molecule has 4 rings (SSSR count). The number of nitrogens with one attached hydrogen (secondary N) is 2. The maximum Gasteiger partial charge on any atom is 0.197 e. The molecule has 2 aliphatic rings. The largest absolute Gasteiger partial charge is 0.356 e. The van der Waals surface area contributed by atoms with Crippen LogP contribution < -0.4 is 10.6 Å². The third kappa shape index (κ3) is 3.55. The highest BCUT2D eigenvalue weighted by atomic mass is 32.1. The molecule has 0 saturated heterocycles. The number of aliphatic imine (C=N–C) groups is 1. The van der Waals surface area contributed by atoms with Crippen molar-refractivity contribution in [3.63, 3.8) is 0 Å². The molecule has 0 unspecified atom stereocenters. The first-order valence-corrected chi connectivity index (χ1v) is 10.1. The highest BCUT2D eigenvalue weighted by molar-refractivity contribution is 7.14. The van der Waals surface area contributed by atoms with E-state index in [1.165, 1.54) is 37.1 Å². The van der Waals surface area contributed by atoms with Gasteiger partial charge in [-0.25, -0.2) is 9.97 Å². The molecule has 0 bridgehead atoms. The van der Waals surface area contributed by atoms with Crippen LogP contribution in [0.2, 0.25) is 0 Å². The zero-order valence-electron chi connectivity index (χ0n) is 13.0. The van der Waals surface area contributed by atoms with Gasteiger partial charge in [0.25, 0.3) is 0 Å². The second kappa shape index (κ2) is 6.97. The normalized spacial score (nSPS) is 19.2. The summed E-state index contributed by atoms with van der Waals surface area (Å²) in [5, 5.41) is 12.9. The summed E-state index contributed by atoms with van der Waals surface area (Å²) < 4.78 is 0. The van der Waals surface area contributed by atoms with Gasteiger partial charge in [-0.1, -0.05) is 19.3 Å². The maximum absolute atomic E-state index is 4.85. The van der Waals surface area contributed by atoms with Gasteiger partial charge >= 0.3 is 0 Å². The van der Waals surface area contributed by atoms with Crippen molar-refractivity contribution in [2.45, 2.75) is 44.4 Å². The Bertz CT molecular complexity index is 684. The number of rotatable bonds is 3. The van der Waals surface area contributed by atoms with Gasteiger partial charge in [-0.3, -0.25) is 4.99 Å². The molecule has 0 radical (unpaired) electrons. The quantitative estimate of drug-likeness (QED) is 0.878. The minimum absolute atomic E-state index is 0.666. The lowest BCUT2D eigenvalue weighted by Crippen LogP contribution is -2.35. The van der Waals surface area contributed by atoms with Gasteiger partial charge < -0.3 is 10.6 Å². The zero-order chi connectivity index (χ0) is 15.5. The van der Waals surface area contributed by atoms with E-state index < -0.39 is 0 Å². The van der Waals surface area contributed by atoms with Crippen LogP contribution in [-0.2, 0) is 0 Å². The molecule has 0 atom stereocenters. The Morgan fingerprint density at radius 2 is 1.83 bits per heavy atom. The number of anilines is 1. The molecule has 2 aromatic rings. The Labute approximate surface area is 144 Å². The van der Waals surface area contributed by atoms with E-state index in [4.69, 9.17) is 4.98 Å². The van der Waals surface area contributed by atoms with Crippen LogP contribution in [0.4, 0.5) is 5.13 Å². The molecular weight excluding hydrogens is 326 g/mol. The average Bonchev–Trinajstić information content (AvgIpc) is 3.26. The van der Waals surface area contributed by atoms with Crippen molar-refractivity contribution in [1.82, 2.24) is 15.3 Å². The third-order valence-electron chi connectivity index (χ3n) is 4.37. The SMILES string of the molecule is c1sc(NC2=NCCCN2)nc1-c1csc(C2CCCCC2)n1. The van der Waals surface area contributed by atoms with Crippen LogP contribution >= 0.6 is 22.7 Å². The highest BCUT2D eigenvalue weighted by Gasteiger charge is 2.19. The predicted molar refractivity (Wildman–Crippen MR) is 97.6 cm³/mol. The van der Waals surface area contributed by atoms with Crippen LogP contribution in [0.5, 0.6) is 0 Å². The predicted octanol–water partition coefficient (Wildman–Crippen LogP) is 4.08. The second-order valence-corrected chi connectivity index (χ2v) is 7.83. The molecule has 0 amide bonds. The van der Waals surface area contributed by atoms with Crippen LogP contribution in [0.15, 0.2) is 15.8 Å². The monoisotopic (exact) mass is 347 g/mol. The fourth-order valence-corrected chi connectivity index (χ4v) is 4.80. The van der Waals surface area contributed by atoms with E-state index in [-0.39, 0.29) is 0 Å². The smallest absolute Gasteiger partial charge is 0.197 e. The summed E-state index contributed by atoms with van der Waals surface area (Å²) in [6, 6.07) is 0.